The number of benzene rings is 1. The van der Waals surface area contributed by atoms with Crippen LogP contribution in [-0.4, -0.2) is 42.2 Å². The first-order valence-corrected chi connectivity index (χ1v) is 7.16. The molecule has 1 unspecified atom stereocenters. The van der Waals surface area contributed by atoms with E-state index in [1.807, 2.05) is 38.9 Å². The van der Waals surface area contributed by atoms with Gasteiger partial charge in [-0.05, 0) is 70.0 Å². The highest BCUT2D eigenvalue weighted by atomic mass is 19.1. The predicted octanol–water partition coefficient (Wildman–Crippen LogP) is 1.81. The van der Waals surface area contributed by atoms with Crippen LogP contribution in [-0.2, 0) is 17.6 Å². The summed E-state index contributed by atoms with van der Waals surface area (Å²) in [6.45, 7) is 3.69. The van der Waals surface area contributed by atoms with Gasteiger partial charge in [-0.2, -0.15) is 0 Å². The number of amides is 1. The third-order valence-corrected chi connectivity index (χ3v) is 4.48. The third-order valence-electron chi connectivity index (χ3n) is 4.48. The Hall–Kier alpha value is -1.46. The van der Waals surface area contributed by atoms with E-state index in [4.69, 9.17) is 0 Å². The number of anilines is 1. The molecule has 1 amide bonds. The van der Waals surface area contributed by atoms with E-state index in [9.17, 15) is 14.3 Å². The average Bonchev–Trinajstić information content (AvgIpc) is 2.82. The molecule has 0 heterocycles. The predicted molar refractivity (Wildman–Crippen MR) is 80.8 cm³/mol. The van der Waals surface area contributed by atoms with Gasteiger partial charge in [0.1, 0.15) is 5.82 Å². The number of fused-ring (bicyclic) bond motifs is 1. The van der Waals surface area contributed by atoms with Crippen molar-refractivity contribution >= 4 is 11.6 Å². The molecule has 0 spiro atoms. The van der Waals surface area contributed by atoms with E-state index in [-0.39, 0.29) is 24.2 Å². The van der Waals surface area contributed by atoms with Crippen molar-refractivity contribution in [3.8, 4) is 0 Å². The number of hydrogen-bond acceptors (Lipinski definition) is 3. The van der Waals surface area contributed by atoms with Crippen LogP contribution in [0, 0.1) is 11.7 Å². The molecule has 1 aromatic rings. The molecule has 2 N–H and O–H groups in total. The Labute approximate surface area is 125 Å². The molecule has 0 aliphatic heterocycles. The van der Waals surface area contributed by atoms with Gasteiger partial charge in [-0.1, -0.05) is 0 Å². The van der Waals surface area contributed by atoms with E-state index in [0.29, 0.717) is 24.1 Å². The number of carbonyl (C=O) groups is 1. The van der Waals surface area contributed by atoms with E-state index in [2.05, 4.69) is 5.32 Å². The lowest BCUT2D eigenvalue weighted by Gasteiger charge is -2.30. The van der Waals surface area contributed by atoms with Crippen molar-refractivity contribution in [2.75, 3.05) is 26.0 Å². The highest BCUT2D eigenvalue weighted by molar-refractivity contribution is 5.97. The molecule has 0 saturated heterocycles. The molecular weight excluding hydrogens is 271 g/mol. The monoisotopic (exact) mass is 294 g/mol. The second-order valence-electron chi connectivity index (χ2n) is 6.46. The average molecular weight is 294 g/mol. The summed E-state index contributed by atoms with van der Waals surface area (Å²) >= 11 is 0. The first-order chi connectivity index (χ1) is 9.75. The Kier molecular flexibility index (Phi) is 4.35. The quantitative estimate of drug-likeness (QED) is 0.890. The largest absolute Gasteiger partial charge is 0.396 e. The van der Waals surface area contributed by atoms with Crippen molar-refractivity contribution in [1.82, 2.24) is 4.90 Å². The number of carbonyl (C=O) groups excluding carboxylic acids is 1. The maximum absolute atomic E-state index is 14.1. The van der Waals surface area contributed by atoms with E-state index < -0.39 is 5.54 Å². The fourth-order valence-corrected chi connectivity index (χ4v) is 2.46. The van der Waals surface area contributed by atoms with Crippen molar-refractivity contribution in [2.45, 2.75) is 32.2 Å². The minimum absolute atomic E-state index is 0.0590. The molecule has 116 valence electrons. The van der Waals surface area contributed by atoms with Gasteiger partial charge in [0.05, 0.1) is 5.54 Å². The van der Waals surface area contributed by atoms with Gasteiger partial charge in [-0.15, -0.1) is 0 Å². The minimum Gasteiger partial charge on any atom is -0.396 e. The number of hydrogen-bond donors (Lipinski definition) is 2. The molecule has 1 aromatic carbocycles. The Morgan fingerprint density at radius 2 is 2.10 bits per heavy atom. The zero-order chi connectivity index (χ0) is 15.8. The van der Waals surface area contributed by atoms with Crippen LogP contribution >= 0.6 is 0 Å². The topological polar surface area (TPSA) is 52.6 Å². The maximum Gasteiger partial charge on any atom is 0.244 e. The van der Waals surface area contributed by atoms with Crippen molar-refractivity contribution < 1.29 is 14.3 Å². The zero-order valence-electron chi connectivity index (χ0n) is 13.0. The van der Waals surface area contributed by atoms with E-state index in [1.54, 1.807) is 0 Å². The van der Waals surface area contributed by atoms with Crippen LogP contribution in [0.2, 0.25) is 0 Å². The number of halogens is 1. The number of likely N-dealkylation sites (N-methyl/N-ethyl adjacent to an activating group) is 1. The SMILES string of the molecule is CN(C)C(C)(C)C(=O)Nc1cc(F)c2c(c1)CC(CO)C2. The molecule has 0 fully saturated rings. The summed E-state index contributed by atoms with van der Waals surface area (Å²) < 4.78 is 14.1. The van der Waals surface area contributed by atoms with Gasteiger partial charge in [0.2, 0.25) is 5.91 Å². The molecule has 0 radical (unpaired) electrons. The first-order valence-electron chi connectivity index (χ1n) is 7.16. The summed E-state index contributed by atoms with van der Waals surface area (Å²) in [5.74, 6) is -0.399. The van der Waals surface area contributed by atoms with Crippen LogP contribution in [0.15, 0.2) is 12.1 Å². The Bertz CT molecular complexity index is 555. The zero-order valence-corrected chi connectivity index (χ0v) is 13.0. The Morgan fingerprint density at radius 1 is 1.43 bits per heavy atom. The number of aliphatic hydroxyl groups is 1. The Balaban J connectivity index is 2.21. The molecular formula is C16H23FN2O2. The molecule has 1 aliphatic rings. The summed E-state index contributed by atoms with van der Waals surface area (Å²) in [6, 6.07) is 3.18. The molecule has 2 rings (SSSR count). The smallest absolute Gasteiger partial charge is 0.244 e. The fourth-order valence-electron chi connectivity index (χ4n) is 2.46. The van der Waals surface area contributed by atoms with Crippen molar-refractivity contribution in [2.24, 2.45) is 5.92 Å². The lowest BCUT2D eigenvalue weighted by atomic mass is 10.0. The van der Waals surface area contributed by atoms with Crippen LogP contribution in [0.1, 0.15) is 25.0 Å². The van der Waals surface area contributed by atoms with Crippen LogP contribution in [0.4, 0.5) is 10.1 Å². The number of aliphatic hydroxyl groups excluding tert-OH is 1. The summed E-state index contributed by atoms with van der Waals surface area (Å²) in [7, 11) is 3.66. The summed E-state index contributed by atoms with van der Waals surface area (Å²) in [4.78, 5) is 14.1. The standard InChI is InChI=1S/C16H23FN2O2/c1-16(2,19(3)4)15(21)18-12-7-11-5-10(9-20)6-13(11)14(17)8-12/h7-8,10,20H,5-6,9H2,1-4H3,(H,18,21). The third kappa shape index (κ3) is 3.09. The first kappa shape index (κ1) is 15.9. The van der Waals surface area contributed by atoms with Crippen molar-refractivity contribution in [1.29, 1.82) is 0 Å². The molecule has 0 bridgehead atoms. The number of nitrogens with zero attached hydrogens (tertiary/aromatic N) is 1. The molecule has 1 atom stereocenters. The molecule has 1 aliphatic carbocycles. The molecule has 21 heavy (non-hydrogen) atoms. The summed E-state index contributed by atoms with van der Waals surface area (Å²) in [5, 5.41) is 12.0. The second kappa shape index (κ2) is 5.73. The lowest BCUT2D eigenvalue weighted by Crippen LogP contribution is -2.48. The second-order valence-corrected chi connectivity index (χ2v) is 6.46. The Morgan fingerprint density at radius 3 is 2.67 bits per heavy atom. The minimum atomic E-state index is -0.677. The molecule has 0 saturated carbocycles. The lowest BCUT2D eigenvalue weighted by molar-refractivity contribution is -0.124. The molecule has 5 heteroatoms. The summed E-state index contributed by atoms with van der Waals surface area (Å²) in [6.07, 6.45) is 1.22. The maximum atomic E-state index is 14.1. The normalized spacial score (nSPS) is 18.0. The molecule has 4 nitrogen and oxygen atoms in total. The van der Waals surface area contributed by atoms with Gasteiger partial charge < -0.3 is 10.4 Å². The van der Waals surface area contributed by atoms with Crippen LogP contribution < -0.4 is 5.32 Å². The van der Waals surface area contributed by atoms with Gasteiger partial charge in [0.25, 0.3) is 0 Å². The van der Waals surface area contributed by atoms with Gasteiger partial charge >= 0.3 is 0 Å². The van der Waals surface area contributed by atoms with Crippen LogP contribution in [0.3, 0.4) is 0 Å². The number of rotatable bonds is 4. The highest BCUT2D eigenvalue weighted by Crippen LogP contribution is 2.31. The number of nitrogens with one attached hydrogen (secondary N) is 1. The van der Waals surface area contributed by atoms with Gasteiger partial charge in [-0.3, -0.25) is 9.69 Å². The summed E-state index contributed by atoms with van der Waals surface area (Å²) in [5.41, 5.74) is 1.35. The van der Waals surface area contributed by atoms with Gasteiger partial charge in [-0.25, -0.2) is 4.39 Å². The van der Waals surface area contributed by atoms with Gasteiger partial charge in [0.15, 0.2) is 0 Å². The van der Waals surface area contributed by atoms with E-state index >= 15 is 0 Å². The van der Waals surface area contributed by atoms with Crippen molar-refractivity contribution in [3.63, 3.8) is 0 Å². The highest BCUT2D eigenvalue weighted by Gasteiger charge is 2.31. The molecule has 0 aromatic heterocycles. The van der Waals surface area contributed by atoms with Crippen LogP contribution in [0.25, 0.3) is 0 Å². The fraction of sp³-hybridized carbons (Fsp3) is 0.562. The van der Waals surface area contributed by atoms with Crippen molar-refractivity contribution in [3.05, 3.63) is 29.1 Å². The van der Waals surface area contributed by atoms with E-state index in [0.717, 1.165) is 5.56 Å². The van der Waals surface area contributed by atoms with Crippen LogP contribution in [0.5, 0.6) is 0 Å². The van der Waals surface area contributed by atoms with Gasteiger partial charge in [0, 0.05) is 12.3 Å². The van der Waals surface area contributed by atoms with E-state index in [1.165, 1.54) is 6.07 Å².